The largest absolute Gasteiger partial charge is 0.353 e. The maximum atomic E-state index is 11.3. The van der Waals surface area contributed by atoms with Crippen molar-refractivity contribution in [2.24, 2.45) is 0 Å². The third-order valence-electron chi connectivity index (χ3n) is 3.66. The molecule has 0 radical (unpaired) electrons. The summed E-state index contributed by atoms with van der Waals surface area (Å²) in [5.41, 5.74) is 0.923. The Balaban J connectivity index is 1.82. The lowest BCUT2D eigenvalue weighted by atomic mass is 9.93. The highest BCUT2D eigenvalue weighted by Gasteiger charge is 2.31. The Morgan fingerprint density at radius 1 is 1.38 bits per heavy atom. The summed E-state index contributed by atoms with van der Waals surface area (Å²) in [7, 11) is 0. The van der Waals surface area contributed by atoms with Gasteiger partial charge in [-0.1, -0.05) is 35.5 Å². The number of hydrogen-bond acceptors (Lipinski definition) is 5. The number of carbonyl (C=O) groups is 1. The van der Waals surface area contributed by atoms with Gasteiger partial charge in [0.05, 0.1) is 5.92 Å². The molecule has 21 heavy (non-hydrogen) atoms. The van der Waals surface area contributed by atoms with Gasteiger partial charge in [-0.2, -0.15) is 4.98 Å². The van der Waals surface area contributed by atoms with Crippen LogP contribution in [0.3, 0.4) is 0 Å². The average Bonchev–Trinajstić information content (AvgIpc) is 2.98. The summed E-state index contributed by atoms with van der Waals surface area (Å²) in [5, 5.41) is 10.3. The Bertz CT molecular complexity index is 611. The van der Waals surface area contributed by atoms with Gasteiger partial charge in [-0.3, -0.25) is 4.79 Å². The van der Waals surface area contributed by atoms with Gasteiger partial charge in [-0.05, 0) is 13.0 Å². The zero-order chi connectivity index (χ0) is 14.7. The molecular formula is C15H18N4O2. The summed E-state index contributed by atoms with van der Waals surface area (Å²) in [6.07, 6.45) is 0.854. The van der Waals surface area contributed by atoms with Gasteiger partial charge in [0.1, 0.15) is 0 Å². The Hall–Kier alpha value is -2.21. The molecule has 1 saturated heterocycles. The van der Waals surface area contributed by atoms with Crippen molar-refractivity contribution in [3.05, 3.63) is 36.2 Å². The molecule has 1 aromatic carbocycles. The molecule has 2 aromatic rings. The van der Waals surface area contributed by atoms with Gasteiger partial charge in [0, 0.05) is 25.1 Å². The molecular weight excluding hydrogens is 268 g/mol. The van der Waals surface area contributed by atoms with Gasteiger partial charge in [0.15, 0.2) is 0 Å². The van der Waals surface area contributed by atoms with Crippen molar-refractivity contribution in [1.82, 2.24) is 20.8 Å². The fourth-order valence-corrected chi connectivity index (χ4v) is 2.64. The van der Waals surface area contributed by atoms with E-state index in [1.807, 2.05) is 30.3 Å². The number of hydrogen-bond donors (Lipinski definition) is 2. The van der Waals surface area contributed by atoms with E-state index in [2.05, 4.69) is 20.8 Å². The molecule has 0 saturated carbocycles. The van der Waals surface area contributed by atoms with Crippen LogP contribution in [0.2, 0.25) is 0 Å². The quantitative estimate of drug-likeness (QED) is 0.889. The van der Waals surface area contributed by atoms with Gasteiger partial charge in [0.25, 0.3) is 0 Å². The van der Waals surface area contributed by atoms with Crippen molar-refractivity contribution >= 4 is 5.91 Å². The van der Waals surface area contributed by atoms with Crippen LogP contribution in [-0.4, -0.2) is 35.2 Å². The summed E-state index contributed by atoms with van der Waals surface area (Å²) in [5.74, 6) is 1.12. The number of aromatic nitrogens is 2. The lowest BCUT2D eigenvalue weighted by Gasteiger charge is -2.29. The van der Waals surface area contributed by atoms with E-state index in [0.29, 0.717) is 11.7 Å². The zero-order valence-electron chi connectivity index (χ0n) is 11.9. The molecule has 1 aromatic heterocycles. The number of benzene rings is 1. The third kappa shape index (κ3) is 3.11. The van der Waals surface area contributed by atoms with Gasteiger partial charge >= 0.3 is 0 Å². The van der Waals surface area contributed by atoms with E-state index in [0.717, 1.165) is 25.1 Å². The molecule has 3 rings (SSSR count). The Kier molecular flexibility index (Phi) is 3.96. The van der Waals surface area contributed by atoms with Crippen molar-refractivity contribution in [1.29, 1.82) is 0 Å². The topological polar surface area (TPSA) is 80.0 Å². The molecule has 2 N–H and O–H groups in total. The minimum absolute atomic E-state index is 0.00705. The fraction of sp³-hybridized carbons (Fsp3) is 0.400. The summed E-state index contributed by atoms with van der Waals surface area (Å²) < 4.78 is 5.42. The highest BCUT2D eigenvalue weighted by atomic mass is 16.5. The normalized spacial score (nSPS) is 22.0. The molecule has 2 atom stereocenters. The minimum Gasteiger partial charge on any atom is -0.353 e. The first-order valence-corrected chi connectivity index (χ1v) is 7.11. The lowest BCUT2D eigenvalue weighted by molar-refractivity contribution is -0.120. The van der Waals surface area contributed by atoms with E-state index >= 15 is 0 Å². The van der Waals surface area contributed by atoms with Crippen molar-refractivity contribution in [2.45, 2.75) is 25.3 Å². The molecule has 1 aliphatic heterocycles. The van der Waals surface area contributed by atoms with E-state index < -0.39 is 0 Å². The average molecular weight is 286 g/mol. The first-order valence-electron chi connectivity index (χ1n) is 7.11. The summed E-state index contributed by atoms with van der Waals surface area (Å²) in [4.78, 5) is 15.8. The zero-order valence-corrected chi connectivity index (χ0v) is 11.9. The molecule has 0 aliphatic carbocycles. The van der Waals surface area contributed by atoms with Crippen LogP contribution in [0, 0.1) is 0 Å². The summed E-state index contributed by atoms with van der Waals surface area (Å²) in [6.45, 7) is 3.13. The molecule has 1 aliphatic rings. The Morgan fingerprint density at radius 2 is 2.19 bits per heavy atom. The smallest absolute Gasteiger partial charge is 0.233 e. The van der Waals surface area contributed by atoms with Crippen molar-refractivity contribution < 1.29 is 9.32 Å². The van der Waals surface area contributed by atoms with Crippen molar-refractivity contribution in [2.75, 3.05) is 13.1 Å². The van der Waals surface area contributed by atoms with E-state index in [1.165, 1.54) is 6.92 Å². The predicted molar refractivity (Wildman–Crippen MR) is 77.6 cm³/mol. The molecule has 110 valence electrons. The standard InChI is InChI=1S/C15H18N4O2/c1-10(20)17-13-7-8-16-9-12(13)15-18-14(19-21-15)11-5-3-2-4-6-11/h2-6,12-13,16H,7-9H2,1H3,(H,17,20)/t12-,13+/m0/s1. The maximum Gasteiger partial charge on any atom is 0.233 e. The van der Waals surface area contributed by atoms with Gasteiger partial charge in [-0.15, -0.1) is 0 Å². The minimum atomic E-state index is -0.0327. The molecule has 0 spiro atoms. The van der Waals surface area contributed by atoms with Crippen molar-refractivity contribution in [3.63, 3.8) is 0 Å². The van der Waals surface area contributed by atoms with Crippen LogP contribution in [0.4, 0.5) is 0 Å². The predicted octanol–water partition coefficient (Wildman–Crippen LogP) is 1.32. The Labute approximate surface area is 122 Å². The van der Waals surface area contributed by atoms with Gasteiger partial charge in [0.2, 0.25) is 17.6 Å². The molecule has 2 heterocycles. The van der Waals surface area contributed by atoms with E-state index in [1.54, 1.807) is 0 Å². The van der Waals surface area contributed by atoms with Crippen LogP contribution < -0.4 is 10.6 Å². The van der Waals surface area contributed by atoms with E-state index in [9.17, 15) is 4.79 Å². The van der Waals surface area contributed by atoms with E-state index in [-0.39, 0.29) is 17.9 Å². The molecule has 6 nitrogen and oxygen atoms in total. The second-order valence-electron chi connectivity index (χ2n) is 5.23. The Morgan fingerprint density at radius 3 is 2.95 bits per heavy atom. The number of piperidine rings is 1. The van der Waals surface area contributed by atoms with Crippen LogP contribution in [0.15, 0.2) is 34.9 Å². The third-order valence-corrected chi connectivity index (χ3v) is 3.66. The number of nitrogens with one attached hydrogen (secondary N) is 2. The summed E-state index contributed by atoms with van der Waals surface area (Å²) >= 11 is 0. The van der Waals surface area contributed by atoms with Crippen LogP contribution in [-0.2, 0) is 4.79 Å². The number of nitrogens with zero attached hydrogens (tertiary/aromatic N) is 2. The molecule has 0 unspecified atom stereocenters. The van der Waals surface area contributed by atoms with Crippen molar-refractivity contribution in [3.8, 4) is 11.4 Å². The lowest BCUT2D eigenvalue weighted by Crippen LogP contribution is -2.47. The first-order chi connectivity index (χ1) is 10.2. The second-order valence-corrected chi connectivity index (χ2v) is 5.23. The number of rotatable bonds is 3. The SMILES string of the molecule is CC(=O)N[C@@H]1CCNC[C@@H]1c1nc(-c2ccccc2)no1. The highest BCUT2D eigenvalue weighted by Crippen LogP contribution is 2.25. The van der Waals surface area contributed by atoms with Gasteiger partial charge < -0.3 is 15.2 Å². The second kappa shape index (κ2) is 6.05. The van der Waals surface area contributed by atoms with Crippen LogP contribution >= 0.6 is 0 Å². The monoisotopic (exact) mass is 286 g/mol. The summed E-state index contributed by atoms with van der Waals surface area (Å²) in [6, 6.07) is 9.75. The van der Waals surface area contributed by atoms with Crippen LogP contribution in [0.5, 0.6) is 0 Å². The molecule has 6 heteroatoms. The van der Waals surface area contributed by atoms with Crippen LogP contribution in [0.1, 0.15) is 25.2 Å². The maximum absolute atomic E-state index is 11.3. The molecule has 1 fully saturated rings. The number of carbonyl (C=O) groups excluding carboxylic acids is 1. The van der Waals surface area contributed by atoms with Crippen LogP contribution in [0.25, 0.3) is 11.4 Å². The first kappa shape index (κ1) is 13.8. The molecule has 1 amide bonds. The fourth-order valence-electron chi connectivity index (χ4n) is 2.64. The van der Waals surface area contributed by atoms with E-state index in [4.69, 9.17) is 4.52 Å². The molecule has 0 bridgehead atoms. The van der Waals surface area contributed by atoms with Gasteiger partial charge in [-0.25, -0.2) is 0 Å². The number of amides is 1. The highest BCUT2D eigenvalue weighted by molar-refractivity contribution is 5.73.